The Bertz CT molecular complexity index is 847. The van der Waals surface area contributed by atoms with Gasteiger partial charge < -0.3 is 4.42 Å². The Hall–Kier alpha value is -1.91. The molecule has 0 aliphatic heterocycles. The smallest absolute Gasteiger partial charge is 0.372 e. The average molecular weight is 300 g/mol. The Balaban J connectivity index is 1.76. The van der Waals surface area contributed by atoms with Gasteiger partial charge in [0.15, 0.2) is 5.65 Å². The van der Waals surface area contributed by atoms with Gasteiger partial charge in [-0.15, -0.1) is 0 Å². The third kappa shape index (κ3) is 1.81. The predicted molar refractivity (Wildman–Crippen MR) is 82.6 cm³/mol. The second-order valence-electron chi connectivity index (χ2n) is 7.34. The van der Waals surface area contributed by atoms with Crippen molar-refractivity contribution in [2.45, 2.75) is 39.7 Å². The molecule has 22 heavy (non-hydrogen) atoms. The number of hydrogen-bond acceptors (Lipinski definition) is 4. The molecule has 3 fully saturated rings. The summed E-state index contributed by atoms with van der Waals surface area (Å²) < 4.78 is 6.43. The van der Waals surface area contributed by atoms with Gasteiger partial charge in [0, 0.05) is 12.7 Å². The first-order chi connectivity index (χ1) is 10.5. The lowest BCUT2D eigenvalue weighted by atomic mass is 9.45. The maximum atomic E-state index is 12.2. The van der Waals surface area contributed by atoms with Gasteiger partial charge in [0.25, 0.3) is 0 Å². The summed E-state index contributed by atoms with van der Waals surface area (Å²) in [5.74, 6) is 1.34. The zero-order valence-corrected chi connectivity index (χ0v) is 12.9. The van der Waals surface area contributed by atoms with Gasteiger partial charge in [0.2, 0.25) is 0 Å². The van der Waals surface area contributed by atoms with E-state index in [0.717, 1.165) is 12.3 Å². The molecule has 5 rings (SSSR count). The molecule has 0 unspecified atom stereocenters. The molecule has 2 bridgehead atoms. The van der Waals surface area contributed by atoms with Crippen molar-refractivity contribution in [3.05, 3.63) is 39.3 Å². The van der Waals surface area contributed by atoms with Gasteiger partial charge in [-0.3, -0.25) is 4.57 Å². The number of nitrogens with zero attached hydrogens (tertiary/aromatic N) is 2. The molecular weight excluding hydrogens is 280 g/mol. The topological polar surface area (TPSA) is 65.1 Å². The van der Waals surface area contributed by atoms with Crippen LogP contribution in [0.2, 0.25) is 0 Å². The summed E-state index contributed by atoms with van der Waals surface area (Å²) in [5.41, 5.74) is 0.214. The van der Waals surface area contributed by atoms with E-state index in [1.165, 1.54) is 12.8 Å². The summed E-state index contributed by atoms with van der Waals surface area (Å²) in [6, 6.07) is 3.35. The van der Waals surface area contributed by atoms with E-state index in [9.17, 15) is 9.59 Å². The van der Waals surface area contributed by atoms with Crippen molar-refractivity contribution in [1.29, 1.82) is 0 Å². The monoisotopic (exact) mass is 300 g/mol. The number of hydrogen-bond donors (Lipinski definition) is 0. The largest absolute Gasteiger partial charge is 0.423 e. The van der Waals surface area contributed by atoms with Gasteiger partial charge in [-0.2, -0.15) is 0 Å². The van der Waals surface area contributed by atoms with Crippen LogP contribution in [0, 0.1) is 23.2 Å². The Kier molecular flexibility index (Phi) is 2.83. The van der Waals surface area contributed by atoms with E-state index in [1.807, 2.05) is 0 Å². The molecule has 3 aliphatic rings. The summed E-state index contributed by atoms with van der Waals surface area (Å²) >= 11 is 0. The van der Waals surface area contributed by atoms with E-state index in [2.05, 4.69) is 18.8 Å². The lowest BCUT2D eigenvalue weighted by Crippen LogP contribution is -2.53. The van der Waals surface area contributed by atoms with Gasteiger partial charge in [-0.25, -0.2) is 14.6 Å². The fourth-order valence-electron chi connectivity index (χ4n) is 4.62. The minimum absolute atomic E-state index is 0.366. The van der Waals surface area contributed by atoms with Crippen molar-refractivity contribution in [3.8, 4) is 0 Å². The molecular formula is C17H20N2O3. The Morgan fingerprint density at radius 3 is 2.91 bits per heavy atom. The molecule has 0 aromatic carbocycles. The molecule has 5 nitrogen and oxygen atoms in total. The lowest BCUT2D eigenvalue weighted by molar-refractivity contribution is -0.109. The van der Waals surface area contributed by atoms with Crippen LogP contribution in [0.5, 0.6) is 0 Å². The van der Waals surface area contributed by atoms with E-state index in [0.29, 0.717) is 34.8 Å². The number of rotatable bonds is 2. The molecule has 5 heteroatoms. The Labute approximate surface area is 128 Å². The third-order valence-electron chi connectivity index (χ3n) is 6.08. The van der Waals surface area contributed by atoms with Gasteiger partial charge in [-0.05, 0) is 54.6 Å². The quantitative estimate of drug-likeness (QED) is 0.854. The van der Waals surface area contributed by atoms with Gasteiger partial charge in [-0.1, -0.05) is 13.8 Å². The minimum Gasteiger partial charge on any atom is -0.372 e. The van der Waals surface area contributed by atoms with Crippen molar-refractivity contribution in [2.24, 2.45) is 23.2 Å². The molecule has 3 saturated carbocycles. The molecule has 2 aromatic rings. The second-order valence-corrected chi connectivity index (χ2v) is 7.34. The highest BCUT2D eigenvalue weighted by Crippen LogP contribution is 2.61. The molecule has 116 valence electrons. The molecule has 0 radical (unpaired) electrons. The van der Waals surface area contributed by atoms with Crippen LogP contribution >= 0.6 is 0 Å². The average Bonchev–Trinajstić information content (AvgIpc) is 2.51. The first-order valence-corrected chi connectivity index (χ1v) is 7.97. The SMILES string of the molecule is CC1(C)[C@H]2CC[C@@H](Cn3c(=O)oc(=O)c4cccnc43)[C@H]1C2. The Morgan fingerprint density at radius 2 is 2.18 bits per heavy atom. The summed E-state index contributed by atoms with van der Waals surface area (Å²) in [6.45, 7) is 5.27. The van der Waals surface area contributed by atoms with E-state index < -0.39 is 11.4 Å². The zero-order valence-electron chi connectivity index (χ0n) is 12.9. The second kappa shape index (κ2) is 4.54. The van der Waals surface area contributed by atoms with Crippen LogP contribution in [0.15, 0.2) is 32.3 Å². The van der Waals surface area contributed by atoms with Crippen LogP contribution in [-0.2, 0) is 6.54 Å². The maximum absolute atomic E-state index is 12.2. The van der Waals surface area contributed by atoms with Crippen molar-refractivity contribution >= 4 is 11.0 Å². The lowest BCUT2D eigenvalue weighted by Gasteiger charge is -2.60. The van der Waals surface area contributed by atoms with Crippen LogP contribution < -0.4 is 11.4 Å². The van der Waals surface area contributed by atoms with Crippen molar-refractivity contribution in [1.82, 2.24) is 9.55 Å². The standard InChI is InChI=1S/C17H20N2O3/c1-17(2)11-6-5-10(13(17)8-11)9-19-14-12(4-3-7-18-14)15(20)22-16(19)21/h3-4,7,10-11,13H,5-6,8-9H2,1-2H3/t10-,11-,13+/m0/s1. The maximum Gasteiger partial charge on any atom is 0.423 e. The first-order valence-electron chi connectivity index (χ1n) is 7.97. The van der Waals surface area contributed by atoms with Crippen LogP contribution in [0.25, 0.3) is 11.0 Å². The molecule has 2 aromatic heterocycles. The minimum atomic E-state index is -0.600. The fraction of sp³-hybridized carbons (Fsp3) is 0.588. The number of aromatic nitrogens is 2. The molecule has 0 N–H and O–H groups in total. The van der Waals surface area contributed by atoms with E-state index in [1.54, 1.807) is 22.9 Å². The van der Waals surface area contributed by atoms with Crippen LogP contribution in [0.1, 0.15) is 33.1 Å². The van der Waals surface area contributed by atoms with E-state index >= 15 is 0 Å². The summed E-state index contributed by atoms with van der Waals surface area (Å²) in [5, 5.41) is 0.378. The van der Waals surface area contributed by atoms with Crippen LogP contribution in [0.4, 0.5) is 0 Å². The van der Waals surface area contributed by atoms with E-state index in [-0.39, 0.29) is 0 Å². The Morgan fingerprint density at radius 1 is 1.36 bits per heavy atom. The summed E-state index contributed by atoms with van der Waals surface area (Å²) in [4.78, 5) is 28.2. The highest BCUT2D eigenvalue weighted by atomic mass is 16.4. The number of pyridine rings is 1. The fourth-order valence-corrected chi connectivity index (χ4v) is 4.62. The van der Waals surface area contributed by atoms with Crippen molar-refractivity contribution < 1.29 is 4.42 Å². The van der Waals surface area contributed by atoms with E-state index in [4.69, 9.17) is 4.42 Å². The summed E-state index contributed by atoms with van der Waals surface area (Å²) in [7, 11) is 0. The molecule has 2 heterocycles. The van der Waals surface area contributed by atoms with Crippen molar-refractivity contribution in [2.75, 3.05) is 0 Å². The van der Waals surface area contributed by atoms with Crippen LogP contribution in [-0.4, -0.2) is 9.55 Å². The zero-order chi connectivity index (χ0) is 15.5. The third-order valence-corrected chi connectivity index (χ3v) is 6.08. The molecule has 3 aliphatic carbocycles. The molecule has 0 saturated heterocycles. The highest BCUT2D eigenvalue weighted by molar-refractivity contribution is 5.72. The molecule has 0 spiro atoms. The predicted octanol–water partition coefficient (Wildman–Crippen LogP) is 2.42. The molecule has 3 atom stereocenters. The van der Waals surface area contributed by atoms with Gasteiger partial charge >= 0.3 is 11.4 Å². The van der Waals surface area contributed by atoms with Gasteiger partial charge in [0.05, 0.1) is 0 Å². The van der Waals surface area contributed by atoms with Crippen LogP contribution in [0.3, 0.4) is 0 Å². The van der Waals surface area contributed by atoms with Crippen molar-refractivity contribution in [3.63, 3.8) is 0 Å². The van der Waals surface area contributed by atoms with Gasteiger partial charge in [0.1, 0.15) is 5.39 Å². The molecule has 0 amide bonds. The summed E-state index contributed by atoms with van der Waals surface area (Å²) in [6.07, 6.45) is 5.24. The first kappa shape index (κ1) is 13.7. The normalized spacial score (nSPS) is 29.3. The highest BCUT2D eigenvalue weighted by Gasteiger charge is 2.54. The number of fused-ring (bicyclic) bond motifs is 3.